The van der Waals surface area contributed by atoms with Gasteiger partial charge in [0.1, 0.15) is 12.1 Å². The number of hydrogen-bond donors (Lipinski definition) is 1. The van der Waals surface area contributed by atoms with Crippen molar-refractivity contribution in [2.75, 3.05) is 33.5 Å². The Kier molecular flexibility index (Phi) is 4.86. The second-order valence-corrected chi connectivity index (χ2v) is 3.09. The maximum Gasteiger partial charge on any atom is 0.325 e. The Bertz CT molecular complexity index is 182. The first-order chi connectivity index (χ1) is 6.77. The Labute approximate surface area is 83.7 Å². The lowest BCUT2D eigenvalue weighted by atomic mass is 10.3. The molecule has 0 radical (unpaired) electrons. The van der Waals surface area contributed by atoms with Crippen molar-refractivity contribution in [2.45, 2.75) is 19.1 Å². The average molecular weight is 203 g/mol. The van der Waals surface area contributed by atoms with Gasteiger partial charge in [-0.1, -0.05) is 0 Å². The summed E-state index contributed by atoms with van der Waals surface area (Å²) in [5, 5.41) is 2.85. The van der Waals surface area contributed by atoms with E-state index in [2.05, 4.69) is 5.32 Å². The molecule has 1 N–H and O–H groups in total. The van der Waals surface area contributed by atoms with Crippen LogP contribution in [0.25, 0.3) is 0 Å². The van der Waals surface area contributed by atoms with Gasteiger partial charge in [0.25, 0.3) is 0 Å². The normalized spacial score (nSPS) is 18.7. The highest BCUT2D eigenvalue weighted by molar-refractivity contribution is 5.75. The molecule has 0 aromatic heterocycles. The van der Waals surface area contributed by atoms with E-state index in [4.69, 9.17) is 14.2 Å². The van der Waals surface area contributed by atoms with Crippen molar-refractivity contribution in [3.63, 3.8) is 0 Å². The molecule has 0 aromatic carbocycles. The number of likely N-dealkylation sites (N-methyl/N-ethyl adjacent to an activating group) is 1. The summed E-state index contributed by atoms with van der Waals surface area (Å²) in [5.41, 5.74) is 0. The van der Waals surface area contributed by atoms with E-state index >= 15 is 0 Å². The quantitative estimate of drug-likeness (QED) is 0.593. The summed E-state index contributed by atoms with van der Waals surface area (Å²) in [5.74, 6) is -0.268. The summed E-state index contributed by atoms with van der Waals surface area (Å²) in [4.78, 5) is 11.3. The van der Waals surface area contributed by atoms with Crippen LogP contribution >= 0.6 is 0 Å². The molecule has 0 spiro atoms. The van der Waals surface area contributed by atoms with Crippen LogP contribution in [0.2, 0.25) is 0 Å². The molecule has 0 saturated carbocycles. The zero-order valence-corrected chi connectivity index (χ0v) is 8.62. The van der Waals surface area contributed by atoms with Crippen molar-refractivity contribution in [3.05, 3.63) is 0 Å². The largest absolute Gasteiger partial charge is 0.465 e. The minimum atomic E-state index is -0.379. The first kappa shape index (κ1) is 11.4. The number of carbonyl (C=O) groups excluding carboxylic acids is 1. The highest BCUT2D eigenvalue weighted by Gasteiger charge is 2.23. The van der Waals surface area contributed by atoms with Crippen molar-refractivity contribution in [1.82, 2.24) is 5.32 Å². The minimum Gasteiger partial charge on any atom is -0.465 e. The van der Waals surface area contributed by atoms with Crippen LogP contribution in [0.15, 0.2) is 0 Å². The van der Waals surface area contributed by atoms with Crippen molar-refractivity contribution in [3.8, 4) is 0 Å². The van der Waals surface area contributed by atoms with Crippen molar-refractivity contribution < 1.29 is 19.0 Å². The molecule has 1 rings (SSSR count). The molecular formula is C9H17NO4. The van der Waals surface area contributed by atoms with Gasteiger partial charge in [0.05, 0.1) is 26.4 Å². The minimum absolute atomic E-state index is 0.139. The first-order valence-electron chi connectivity index (χ1n) is 4.81. The van der Waals surface area contributed by atoms with Crippen molar-refractivity contribution >= 4 is 5.97 Å². The summed E-state index contributed by atoms with van der Waals surface area (Å²) < 4.78 is 15.2. The van der Waals surface area contributed by atoms with Crippen molar-refractivity contribution in [2.24, 2.45) is 0 Å². The summed E-state index contributed by atoms with van der Waals surface area (Å²) >= 11 is 0. The fourth-order valence-corrected chi connectivity index (χ4v) is 1.05. The van der Waals surface area contributed by atoms with E-state index in [9.17, 15) is 4.79 Å². The van der Waals surface area contributed by atoms with E-state index in [1.165, 1.54) is 0 Å². The Balaban J connectivity index is 2.19. The average Bonchev–Trinajstić information content (AvgIpc) is 2.09. The molecule has 1 aliphatic heterocycles. The van der Waals surface area contributed by atoms with Crippen LogP contribution in [-0.2, 0) is 19.0 Å². The second-order valence-electron chi connectivity index (χ2n) is 3.09. The fraction of sp³-hybridized carbons (Fsp3) is 0.889. The highest BCUT2D eigenvalue weighted by Crippen LogP contribution is 2.05. The summed E-state index contributed by atoms with van der Waals surface area (Å²) in [7, 11) is 1.71. The first-order valence-corrected chi connectivity index (χ1v) is 4.81. The van der Waals surface area contributed by atoms with Gasteiger partial charge in [-0.2, -0.15) is 0 Å². The summed E-state index contributed by atoms with van der Waals surface area (Å²) in [6.45, 7) is 3.76. The van der Waals surface area contributed by atoms with E-state index in [1.54, 1.807) is 14.0 Å². The molecule has 82 valence electrons. The zero-order chi connectivity index (χ0) is 10.4. The van der Waals surface area contributed by atoms with Crippen LogP contribution in [0.4, 0.5) is 0 Å². The van der Waals surface area contributed by atoms with E-state index < -0.39 is 0 Å². The molecule has 1 atom stereocenters. The van der Waals surface area contributed by atoms with Crippen LogP contribution < -0.4 is 5.32 Å². The van der Waals surface area contributed by atoms with E-state index in [-0.39, 0.29) is 18.1 Å². The molecule has 1 unspecified atom stereocenters. The molecule has 1 aliphatic rings. The molecule has 1 saturated heterocycles. The molecule has 0 bridgehead atoms. The lowest BCUT2D eigenvalue weighted by molar-refractivity contribution is -0.156. The van der Waals surface area contributed by atoms with Gasteiger partial charge >= 0.3 is 5.97 Å². The molecule has 0 aliphatic carbocycles. The second kappa shape index (κ2) is 5.95. The van der Waals surface area contributed by atoms with Crippen molar-refractivity contribution in [1.29, 1.82) is 0 Å². The number of nitrogens with one attached hydrogen (secondary N) is 1. The van der Waals surface area contributed by atoms with Gasteiger partial charge in [0.2, 0.25) is 0 Å². The van der Waals surface area contributed by atoms with Crippen LogP contribution in [0.3, 0.4) is 0 Å². The lowest BCUT2D eigenvalue weighted by Crippen LogP contribution is -2.44. The third kappa shape index (κ3) is 3.25. The molecule has 1 fully saturated rings. The number of rotatable bonds is 6. The fourth-order valence-electron chi connectivity index (χ4n) is 1.05. The lowest BCUT2D eigenvalue weighted by Gasteiger charge is -2.27. The number of hydrogen-bond acceptors (Lipinski definition) is 5. The Morgan fingerprint density at radius 1 is 1.64 bits per heavy atom. The van der Waals surface area contributed by atoms with E-state index in [0.717, 1.165) is 0 Å². The molecule has 1 heterocycles. The summed E-state index contributed by atoms with van der Waals surface area (Å²) in [6.07, 6.45) is 0.139. The number of esters is 1. The predicted octanol–water partition coefficient (Wildman–Crippen LogP) is -0.447. The predicted molar refractivity (Wildman–Crippen MR) is 50.0 cm³/mol. The van der Waals surface area contributed by atoms with Gasteiger partial charge < -0.3 is 19.5 Å². The number of carbonyl (C=O) groups is 1. The van der Waals surface area contributed by atoms with E-state index in [0.29, 0.717) is 26.4 Å². The van der Waals surface area contributed by atoms with Gasteiger partial charge in [0.15, 0.2) is 0 Å². The SMILES string of the molecule is CCOC(=O)C(COC1COC1)NC. The van der Waals surface area contributed by atoms with Gasteiger partial charge in [0, 0.05) is 0 Å². The topological polar surface area (TPSA) is 56.8 Å². The Hall–Kier alpha value is -0.650. The molecule has 0 aromatic rings. The highest BCUT2D eigenvalue weighted by atomic mass is 16.6. The molecule has 5 nitrogen and oxygen atoms in total. The molecule has 5 heteroatoms. The number of ether oxygens (including phenoxy) is 3. The Morgan fingerprint density at radius 2 is 2.36 bits per heavy atom. The standard InChI is InChI=1S/C9H17NO4/c1-3-13-9(11)8(10-2)6-14-7-4-12-5-7/h7-8,10H,3-6H2,1-2H3. The van der Waals surface area contributed by atoms with Crippen LogP contribution in [0, 0.1) is 0 Å². The molecule has 0 amide bonds. The maximum absolute atomic E-state index is 11.3. The summed E-state index contributed by atoms with van der Waals surface area (Å²) in [6, 6.07) is -0.379. The van der Waals surface area contributed by atoms with Gasteiger partial charge in [-0.25, -0.2) is 0 Å². The van der Waals surface area contributed by atoms with E-state index in [1.807, 2.05) is 0 Å². The smallest absolute Gasteiger partial charge is 0.325 e. The van der Waals surface area contributed by atoms with Crippen LogP contribution in [-0.4, -0.2) is 51.6 Å². The third-order valence-electron chi connectivity index (χ3n) is 2.03. The van der Waals surface area contributed by atoms with Crippen LogP contribution in [0.5, 0.6) is 0 Å². The monoisotopic (exact) mass is 203 g/mol. The third-order valence-corrected chi connectivity index (χ3v) is 2.03. The van der Waals surface area contributed by atoms with Gasteiger partial charge in [-0.15, -0.1) is 0 Å². The maximum atomic E-state index is 11.3. The van der Waals surface area contributed by atoms with Gasteiger partial charge in [-0.3, -0.25) is 4.79 Å². The van der Waals surface area contributed by atoms with Crippen LogP contribution in [0.1, 0.15) is 6.92 Å². The Morgan fingerprint density at radius 3 is 2.79 bits per heavy atom. The zero-order valence-electron chi connectivity index (χ0n) is 8.62. The molecule has 14 heavy (non-hydrogen) atoms. The molecular weight excluding hydrogens is 186 g/mol. The van der Waals surface area contributed by atoms with Gasteiger partial charge in [-0.05, 0) is 14.0 Å².